The molecule has 0 aliphatic carbocycles. The summed E-state index contributed by atoms with van der Waals surface area (Å²) in [7, 11) is 0. The molecule has 2 aromatic rings. The highest BCUT2D eigenvalue weighted by Gasteiger charge is 2.21. The van der Waals surface area contributed by atoms with Gasteiger partial charge in [0.1, 0.15) is 23.9 Å². The van der Waals surface area contributed by atoms with Gasteiger partial charge in [-0.05, 0) is 32.4 Å². The van der Waals surface area contributed by atoms with Crippen LogP contribution in [0.25, 0.3) is 0 Å². The Morgan fingerprint density at radius 2 is 2.27 bits per heavy atom. The zero-order chi connectivity index (χ0) is 16.1. The van der Waals surface area contributed by atoms with E-state index in [9.17, 15) is 9.18 Å². The minimum absolute atomic E-state index is 0.0430. The van der Waals surface area contributed by atoms with Crippen molar-refractivity contribution in [3.8, 4) is 5.75 Å². The van der Waals surface area contributed by atoms with Gasteiger partial charge in [0.15, 0.2) is 5.69 Å². The summed E-state index contributed by atoms with van der Waals surface area (Å²) in [6, 6.07) is 5.86. The number of carbonyl (C=O) groups excluding carboxylic acids is 1. The topological polar surface area (TPSA) is 64.4 Å². The molecule has 2 rings (SSSR count). The van der Waals surface area contributed by atoms with Gasteiger partial charge >= 0.3 is 0 Å². The van der Waals surface area contributed by atoms with E-state index in [0.717, 1.165) is 6.42 Å². The molecule has 118 valence electrons. The van der Waals surface area contributed by atoms with Crippen LogP contribution in [-0.4, -0.2) is 17.1 Å². The van der Waals surface area contributed by atoms with Gasteiger partial charge < -0.3 is 14.6 Å². The number of nitrogens with one attached hydrogen (secondary N) is 1. The van der Waals surface area contributed by atoms with Gasteiger partial charge in [0.25, 0.3) is 5.91 Å². The molecule has 1 atom stereocenters. The van der Waals surface area contributed by atoms with E-state index < -0.39 is 0 Å². The summed E-state index contributed by atoms with van der Waals surface area (Å²) in [6.07, 6.45) is 0.817. The molecule has 6 heteroatoms. The fraction of sp³-hybridized carbons (Fsp3) is 0.375. The SMILES string of the molecule is CCC(C)NC(=O)c1noc(C)c1COc1cccc(F)c1. The Hall–Kier alpha value is -2.37. The minimum Gasteiger partial charge on any atom is -0.489 e. The second kappa shape index (κ2) is 7.06. The fourth-order valence-corrected chi connectivity index (χ4v) is 1.85. The normalized spacial score (nSPS) is 12.0. The largest absolute Gasteiger partial charge is 0.489 e. The van der Waals surface area contributed by atoms with Gasteiger partial charge in [-0.3, -0.25) is 4.79 Å². The van der Waals surface area contributed by atoms with Crippen LogP contribution in [-0.2, 0) is 6.61 Å². The number of nitrogens with zero attached hydrogens (tertiary/aromatic N) is 1. The van der Waals surface area contributed by atoms with Crippen molar-refractivity contribution in [3.05, 3.63) is 47.1 Å². The maximum atomic E-state index is 13.1. The molecule has 0 bridgehead atoms. The maximum absolute atomic E-state index is 13.1. The van der Waals surface area contributed by atoms with Crippen molar-refractivity contribution in [2.45, 2.75) is 39.8 Å². The highest BCUT2D eigenvalue weighted by Crippen LogP contribution is 2.18. The van der Waals surface area contributed by atoms with Gasteiger partial charge in [-0.2, -0.15) is 0 Å². The molecule has 0 radical (unpaired) electrons. The second-order valence-electron chi connectivity index (χ2n) is 5.09. The Morgan fingerprint density at radius 3 is 2.95 bits per heavy atom. The summed E-state index contributed by atoms with van der Waals surface area (Å²) in [5.74, 6) is 0.206. The third kappa shape index (κ3) is 3.84. The molecule has 1 aromatic heterocycles. The van der Waals surface area contributed by atoms with Crippen LogP contribution in [0, 0.1) is 12.7 Å². The summed E-state index contributed by atoms with van der Waals surface area (Å²) < 4.78 is 23.7. The number of carbonyl (C=O) groups is 1. The molecule has 0 aliphatic heterocycles. The zero-order valence-corrected chi connectivity index (χ0v) is 12.9. The summed E-state index contributed by atoms with van der Waals surface area (Å²) in [5.41, 5.74) is 0.763. The van der Waals surface area contributed by atoms with Crippen molar-refractivity contribution in [3.63, 3.8) is 0 Å². The number of aryl methyl sites for hydroxylation is 1. The molecule has 1 amide bonds. The van der Waals surface area contributed by atoms with Crippen molar-refractivity contribution >= 4 is 5.91 Å². The number of benzene rings is 1. The molecule has 22 heavy (non-hydrogen) atoms. The van der Waals surface area contributed by atoms with Crippen molar-refractivity contribution < 1.29 is 18.4 Å². The van der Waals surface area contributed by atoms with Crippen LogP contribution >= 0.6 is 0 Å². The Balaban J connectivity index is 2.11. The van der Waals surface area contributed by atoms with E-state index in [1.54, 1.807) is 19.1 Å². The smallest absolute Gasteiger partial charge is 0.274 e. The predicted molar refractivity (Wildman–Crippen MR) is 79.2 cm³/mol. The van der Waals surface area contributed by atoms with E-state index in [0.29, 0.717) is 17.1 Å². The van der Waals surface area contributed by atoms with Gasteiger partial charge in [0.2, 0.25) is 0 Å². The lowest BCUT2D eigenvalue weighted by Crippen LogP contribution is -2.32. The van der Waals surface area contributed by atoms with E-state index in [1.807, 2.05) is 13.8 Å². The molecule has 1 unspecified atom stereocenters. The summed E-state index contributed by atoms with van der Waals surface area (Å²) in [6.45, 7) is 5.68. The van der Waals surface area contributed by atoms with Crippen LogP contribution in [0.15, 0.2) is 28.8 Å². The molecule has 5 nitrogen and oxygen atoms in total. The Bertz CT molecular complexity index is 655. The molecule has 1 N–H and O–H groups in total. The highest BCUT2D eigenvalue weighted by atomic mass is 19.1. The number of amides is 1. The fourth-order valence-electron chi connectivity index (χ4n) is 1.85. The monoisotopic (exact) mass is 306 g/mol. The van der Waals surface area contributed by atoms with Gasteiger partial charge in [0.05, 0.1) is 5.56 Å². The summed E-state index contributed by atoms with van der Waals surface area (Å²) in [4.78, 5) is 12.2. The molecule has 1 aromatic carbocycles. The first kappa shape index (κ1) is 16.0. The third-order valence-corrected chi connectivity index (χ3v) is 3.37. The molecular formula is C16H19FN2O3. The molecule has 1 heterocycles. The Morgan fingerprint density at radius 1 is 1.50 bits per heavy atom. The molecule has 0 saturated carbocycles. The van der Waals surface area contributed by atoms with Crippen molar-refractivity contribution in [1.82, 2.24) is 10.5 Å². The Labute approximate surface area is 128 Å². The Kier molecular flexibility index (Phi) is 5.14. The number of rotatable bonds is 6. The van der Waals surface area contributed by atoms with Gasteiger partial charge in [-0.25, -0.2) is 4.39 Å². The van der Waals surface area contributed by atoms with Crippen molar-refractivity contribution in [1.29, 1.82) is 0 Å². The van der Waals surface area contributed by atoms with E-state index in [4.69, 9.17) is 9.26 Å². The first-order valence-electron chi connectivity index (χ1n) is 7.15. The lowest BCUT2D eigenvalue weighted by atomic mass is 10.2. The van der Waals surface area contributed by atoms with E-state index >= 15 is 0 Å². The molecule has 0 fully saturated rings. The van der Waals surface area contributed by atoms with Gasteiger partial charge in [0, 0.05) is 12.1 Å². The minimum atomic E-state index is -0.380. The highest BCUT2D eigenvalue weighted by molar-refractivity contribution is 5.93. The number of aromatic nitrogens is 1. The van der Waals surface area contributed by atoms with Crippen LogP contribution in [0.3, 0.4) is 0 Å². The average molecular weight is 306 g/mol. The summed E-state index contributed by atoms with van der Waals surface area (Å²) >= 11 is 0. The number of hydrogen-bond acceptors (Lipinski definition) is 4. The number of ether oxygens (including phenoxy) is 1. The van der Waals surface area contributed by atoms with Crippen molar-refractivity contribution in [2.24, 2.45) is 0 Å². The lowest BCUT2D eigenvalue weighted by Gasteiger charge is -2.11. The average Bonchev–Trinajstić information content (AvgIpc) is 2.86. The first-order chi connectivity index (χ1) is 10.5. The van der Waals surface area contributed by atoms with E-state index in [2.05, 4.69) is 10.5 Å². The second-order valence-corrected chi connectivity index (χ2v) is 5.09. The standard InChI is InChI=1S/C16H19FN2O3/c1-4-10(2)18-16(20)15-14(11(3)22-19-15)9-21-13-7-5-6-12(17)8-13/h5-8,10H,4,9H2,1-3H3,(H,18,20). The van der Waals surface area contributed by atoms with Crippen LogP contribution in [0.2, 0.25) is 0 Å². The van der Waals surface area contributed by atoms with E-state index in [1.165, 1.54) is 12.1 Å². The maximum Gasteiger partial charge on any atom is 0.274 e. The number of halogens is 1. The third-order valence-electron chi connectivity index (χ3n) is 3.37. The molecule has 0 spiro atoms. The van der Waals surface area contributed by atoms with Crippen LogP contribution < -0.4 is 10.1 Å². The quantitative estimate of drug-likeness (QED) is 0.890. The van der Waals surface area contributed by atoms with Gasteiger partial charge in [-0.15, -0.1) is 0 Å². The lowest BCUT2D eigenvalue weighted by molar-refractivity contribution is 0.0928. The predicted octanol–water partition coefficient (Wildman–Crippen LogP) is 3.23. The van der Waals surface area contributed by atoms with Crippen molar-refractivity contribution in [2.75, 3.05) is 0 Å². The summed E-state index contributed by atoms with van der Waals surface area (Å²) in [5, 5.41) is 6.62. The molecule has 0 saturated heterocycles. The van der Waals surface area contributed by atoms with Crippen LogP contribution in [0.4, 0.5) is 4.39 Å². The van der Waals surface area contributed by atoms with E-state index in [-0.39, 0.29) is 30.1 Å². The van der Waals surface area contributed by atoms with Gasteiger partial charge in [-0.1, -0.05) is 18.1 Å². The van der Waals surface area contributed by atoms with Crippen LogP contribution in [0.5, 0.6) is 5.75 Å². The molecular weight excluding hydrogens is 287 g/mol. The van der Waals surface area contributed by atoms with Crippen LogP contribution in [0.1, 0.15) is 42.1 Å². The molecule has 0 aliphatic rings. The number of hydrogen-bond donors (Lipinski definition) is 1. The zero-order valence-electron chi connectivity index (χ0n) is 12.9. The first-order valence-corrected chi connectivity index (χ1v) is 7.15.